The van der Waals surface area contributed by atoms with Crippen LogP contribution in [-0.4, -0.2) is 24.6 Å². The third-order valence-electron chi connectivity index (χ3n) is 8.47. The maximum Gasteiger partial charge on any atom is 0.306 e. The molecule has 0 radical (unpaired) electrons. The first-order chi connectivity index (χ1) is 21.6. The van der Waals surface area contributed by atoms with Crippen LogP contribution in [0.2, 0.25) is 0 Å². The fraction of sp³-hybridized carbons (Fsp3) is 0.850. The van der Waals surface area contributed by atoms with E-state index in [9.17, 15) is 9.59 Å². The first-order valence-electron chi connectivity index (χ1n) is 19.3. The Morgan fingerprint density at radius 2 is 0.795 bits per heavy atom. The molecule has 0 spiro atoms. The van der Waals surface area contributed by atoms with Crippen molar-refractivity contribution >= 4 is 11.9 Å². The molecule has 4 heteroatoms. The van der Waals surface area contributed by atoms with Crippen LogP contribution in [0, 0.1) is 0 Å². The van der Waals surface area contributed by atoms with Gasteiger partial charge in [0.25, 0.3) is 0 Å². The van der Waals surface area contributed by atoms with Gasteiger partial charge in [0.15, 0.2) is 0 Å². The first kappa shape index (κ1) is 42.4. The first-order valence-corrected chi connectivity index (χ1v) is 19.3. The molecule has 0 heterocycles. The summed E-state index contributed by atoms with van der Waals surface area (Å²) in [5, 5.41) is 0. The highest BCUT2D eigenvalue weighted by molar-refractivity contribution is 5.70. The van der Waals surface area contributed by atoms with Crippen molar-refractivity contribution in [3.8, 4) is 0 Å². The highest BCUT2D eigenvalue weighted by Crippen LogP contribution is 2.13. The van der Waals surface area contributed by atoms with Crippen molar-refractivity contribution in [3.63, 3.8) is 0 Å². The van der Waals surface area contributed by atoms with Crippen LogP contribution < -0.4 is 0 Å². The lowest BCUT2D eigenvalue weighted by Gasteiger charge is -2.16. The van der Waals surface area contributed by atoms with Gasteiger partial charge in [0.2, 0.25) is 0 Å². The maximum absolute atomic E-state index is 12.2. The zero-order valence-electron chi connectivity index (χ0n) is 29.7. The average molecular weight is 619 g/mol. The van der Waals surface area contributed by atoms with Gasteiger partial charge in [-0.3, -0.25) is 9.59 Å². The molecule has 0 N–H and O–H groups in total. The van der Waals surface area contributed by atoms with Crippen molar-refractivity contribution in [2.75, 3.05) is 6.61 Å². The second kappa shape index (κ2) is 35.9. The highest BCUT2D eigenvalue weighted by atomic mass is 16.6. The highest BCUT2D eigenvalue weighted by Gasteiger charge is 2.15. The van der Waals surface area contributed by atoms with E-state index in [0.29, 0.717) is 19.3 Å². The van der Waals surface area contributed by atoms with E-state index in [1.807, 2.05) is 6.92 Å². The number of carbonyl (C=O) groups is 2. The van der Waals surface area contributed by atoms with E-state index in [2.05, 4.69) is 38.2 Å². The van der Waals surface area contributed by atoms with Gasteiger partial charge in [0, 0.05) is 12.8 Å². The lowest BCUT2D eigenvalue weighted by molar-refractivity contribution is -0.159. The molecule has 0 unspecified atom stereocenters. The molecule has 4 nitrogen and oxygen atoms in total. The Balaban J connectivity index is 3.58. The summed E-state index contributed by atoms with van der Waals surface area (Å²) >= 11 is 0. The molecule has 0 aromatic carbocycles. The van der Waals surface area contributed by atoms with Gasteiger partial charge in [-0.15, -0.1) is 0 Å². The molecule has 44 heavy (non-hydrogen) atoms. The Hall–Kier alpha value is -1.58. The zero-order valence-corrected chi connectivity index (χ0v) is 29.7. The molecule has 0 saturated carbocycles. The van der Waals surface area contributed by atoms with Gasteiger partial charge in [-0.05, 0) is 70.6 Å². The molecule has 0 aromatic heterocycles. The van der Waals surface area contributed by atoms with Crippen LogP contribution in [0.5, 0.6) is 0 Å². The zero-order chi connectivity index (χ0) is 32.2. The Kier molecular flexibility index (Phi) is 34.6. The molecule has 0 aliphatic rings. The number of allylic oxidation sites excluding steroid dienone is 4. The summed E-state index contributed by atoms with van der Waals surface area (Å²) in [6.07, 6.45) is 43.0. The summed E-state index contributed by atoms with van der Waals surface area (Å²) in [5.41, 5.74) is 0. The summed E-state index contributed by atoms with van der Waals surface area (Å²) in [7, 11) is 0. The molecular formula is C40H74O4. The third-order valence-corrected chi connectivity index (χ3v) is 8.47. The van der Waals surface area contributed by atoms with Crippen molar-refractivity contribution < 1.29 is 19.1 Å². The van der Waals surface area contributed by atoms with E-state index < -0.39 is 0 Å². The second-order valence-electron chi connectivity index (χ2n) is 12.9. The minimum Gasteiger partial charge on any atom is -0.462 e. The lowest BCUT2D eigenvalue weighted by atomic mass is 10.1. The monoisotopic (exact) mass is 619 g/mol. The Bertz CT molecular complexity index is 668. The smallest absolute Gasteiger partial charge is 0.306 e. The third kappa shape index (κ3) is 33.3. The fourth-order valence-corrected chi connectivity index (χ4v) is 5.42. The van der Waals surface area contributed by atoms with Gasteiger partial charge in [0.1, 0.15) is 12.7 Å². The number of hydrogen-bond acceptors (Lipinski definition) is 4. The van der Waals surface area contributed by atoms with E-state index in [-0.39, 0.29) is 24.6 Å². The Labute approximate surface area is 274 Å². The number of unbranched alkanes of at least 4 members (excludes halogenated alkanes) is 22. The molecule has 0 aliphatic carbocycles. The van der Waals surface area contributed by atoms with Crippen LogP contribution in [-0.2, 0) is 19.1 Å². The van der Waals surface area contributed by atoms with Crippen molar-refractivity contribution in [3.05, 3.63) is 24.3 Å². The van der Waals surface area contributed by atoms with Gasteiger partial charge in [0.05, 0.1) is 0 Å². The standard InChI is InChI=1S/C40H74O4/c1-4-7-9-11-13-15-17-19-21-23-25-27-29-31-33-35-39(41)43-37-38(6-3)44-40(42)36-34-32-30-28-26-24-22-20-18-16-14-12-10-8-5-2/h19-22,38H,4-18,23-37H2,1-3H3/b21-19+,22-20-/t38-/m0/s1. The summed E-state index contributed by atoms with van der Waals surface area (Å²) in [6.45, 7) is 6.68. The van der Waals surface area contributed by atoms with Crippen LogP contribution in [0.1, 0.15) is 207 Å². The summed E-state index contributed by atoms with van der Waals surface area (Å²) in [6, 6.07) is 0. The van der Waals surface area contributed by atoms with E-state index >= 15 is 0 Å². The molecule has 0 bridgehead atoms. The van der Waals surface area contributed by atoms with Crippen molar-refractivity contribution in [1.82, 2.24) is 0 Å². The fourth-order valence-electron chi connectivity index (χ4n) is 5.42. The van der Waals surface area contributed by atoms with E-state index in [0.717, 1.165) is 25.7 Å². The maximum atomic E-state index is 12.2. The topological polar surface area (TPSA) is 52.6 Å². The van der Waals surface area contributed by atoms with Crippen molar-refractivity contribution in [1.29, 1.82) is 0 Å². The van der Waals surface area contributed by atoms with Gasteiger partial charge < -0.3 is 9.47 Å². The van der Waals surface area contributed by atoms with Crippen LogP contribution in [0.15, 0.2) is 24.3 Å². The number of ether oxygens (including phenoxy) is 2. The van der Waals surface area contributed by atoms with E-state index in [4.69, 9.17) is 9.47 Å². The summed E-state index contributed by atoms with van der Waals surface area (Å²) in [4.78, 5) is 24.4. The number of rotatable bonds is 34. The van der Waals surface area contributed by atoms with E-state index in [1.165, 1.54) is 141 Å². The number of hydrogen-bond donors (Lipinski definition) is 0. The van der Waals surface area contributed by atoms with Gasteiger partial charge in [-0.1, -0.05) is 148 Å². The molecule has 0 amide bonds. The molecule has 1 atom stereocenters. The SMILES string of the molecule is CCCCCCCC/C=C\CCCCCCCC(=O)O[C@@H](CC)COC(=O)CCCCCCC/C=C/CCCCCCCC. The van der Waals surface area contributed by atoms with Gasteiger partial charge in [-0.2, -0.15) is 0 Å². The molecule has 0 aliphatic heterocycles. The van der Waals surface area contributed by atoms with Crippen LogP contribution in [0.25, 0.3) is 0 Å². The summed E-state index contributed by atoms with van der Waals surface area (Å²) < 4.78 is 11.0. The Morgan fingerprint density at radius 3 is 1.18 bits per heavy atom. The average Bonchev–Trinajstić information content (AvgIpc) is 3.02. The van der Waals surface area contributed by atoms with Crippen molar-refractivity contribution in [2.24, 2.45) is 0 Å². The molecule has 258 valence electrons. The predicted molar refractivity (Wildman–Crippen MR) is 190 cm³/mol. The minimum atomic E-state index is -0.330. The quantitative estimate of drug-likeness (QED) is 0.0409. The summed E-state index contributed by atoms with van der Waals surface area (Å²) in [5.74, 6) is -0.336. The molecule has 0 fully saturated rings. The van der Waals surface area contributed by atoms with Gasteiger partial charge in [-0.25, -0.2) is 0 Å². The van der Waals surface area contributed by atoms with Crippen molar-refractivity contribution in [2.45, 2.75) is 213 Å². The van der Waals surface area contributed by atoms with Crippen LogP contribution in [0.3, 0.4) is 0 Å². The van der Waals surface area contributed by atoms with E-state index in [1.54, 1.807) is 0 Å². The lowest BCUT2D eigenvalue weighted by Crippen LogP contribution is -2.24. The Morgan fingerprint density at radius 1 is 0.455 bits per heavy atom. The van der Waals surface area contributed by atoms with Crippen LogP contribution >= 0.6 is 0 Å². The van der Waals surface area contributed by atoms with Crippen LogP contribution in [0.4, 0.5) is 0 Å². The molecular weight excluding hydrogens is 544 g/mol. The minimum absolute atomic E-state index is 0.164. The largest absolute Gasteiger partial charge is 0.462 e. The molecule has 0 aromatic rings. The molecule has 0 rings (SSSR count). The second-order valence-corrected chi connectivity index (χ2v) is 12.9. The number of carbonyl (C=O) groups excluding carboxylic acids is 2. The van der Waals surface area contributed by atoms with Gasteiger partial charge >= 0.3 is 11.9 Å². The molecule has 0 saturated heterocycles. The predicted octanol–water partition coefficient (Wildman–Crippen LogP) is 12.9. The number of esters is 2. The normalized spacial score (nSPS) is 12.3.